The maximum absolute atomic E-state index is 10.4. The van der Waals surface area contributed by atoms with Crippen molar-refractivity contribution in [2.24, 2.45) is 0 Å². The standard InChI is InChI=1S/C24H31ClO8/c1-30-8-9-31-10-11-32-18-5-2-15(3-6-18)12-17-13-16(4-7-19(17)25)24-23(29)22(28)21(27)20(14-26)33-24/h2-7,13,20-24,26-29H,8-12,14H2,1H3/t20-,21-,22+,23-,24+/m1/s1. The number of rotatable bonds is 11. The first-order chi connectivity index (χ1) is 15.9. The number of aliphatic hydroxyl groups is 4. The van der Waals surface area contributed by atoms with Gasteiger partial charge >= 0.3 is 0 Å². The van der Waals surface area contributed by atoms with E-state index in [9.17, 15) is 20.4 Å². The van der Waals surface area contributed by atoms with Gasteiger partial charge in [0.05, 0.1) is 26.4 Å². The number of halogens is 1. The first kappa shape index (κ1) is 25.9. The van der Waals surface area contributed by atoms with E-state index in [0.717, 1.165) is 16.9 Å². The summed E-state index contributed by atoms with van der Waals surface area (Å²) in [6, 6.07) is 12.8. The van der Waals surface area contributed by atoms with Gasteiger partial charge < -0.3 is 39.4 Å². The van der Waals surface area contributed by atoms with Crippen LogP contribution in [0, 0.1) is 0 Å². The molecular formula is C24H31ClO8. The first-order valence-corrected chi connectivity index (χ1v) is 11.2. The molecule has 0 radical (unpaired) electrons. The molecule has 0 spiro atoms. The molecule has 1 heterocycles. The van der Waals surface area contributed by atoms with Crippen molar-refractivity contribution in [1.29, 1.82) is 0 Å². The molecule has 0 aromatic heterocycles. The van der Waals surface area contributed by atoms with Gasteiger partial charge in [-0.2, -0.15) is 0 Å². The van der Waals surface area contributed by atoms with Crippen LogP contribution in [-0.2, 0) is 20.6 Å². The molecule has 0 bridgehead atoms. The van der Waals surface area contributed by atoms with Crippen LogP contribution in [0.4, 0.5) is 0 Å². The monoisotopic (exact) mass is 482 g/mol. The molecule has 0 amide bonds. The molecule has 182 valence electrons. The second kappa shape index (κ2) is 12.6. The van der Waals surface area contributed by atoms with Crippen LogP contribution in [0.1, 0.15) is 22.8 Å². The van der Waals surface area contributed by atoms with Crippen LogP contribution < -0.4 is 4.74 Å². The van der Waals surface area contributed by atoms with E-state index < -0.39 is 37.1 Å². The third-order valence-electron chi connectivity index (χ3n) is 5.54. The van der Waals surface area contributed by atoms with E-state index in [2.05, 4.69) is 0 Å². The Balaban J connectivity index is 1.63. The van der Waals surface area contributed by atoms with Gasteiger partial charge in [-0.05, 0) is 41.3 Å². The number of ether oxygens (including phenoxy) is 4. The summed E-state index contributed by atoms with van der Waals surface area (Å²) in [5, 5.41) is 40.5. The Kier molecular flexibility index (Phi) is 9.91. The number of aliphatic hydroxyl groups excluding tert-OH is 4. The molecule has 2 aromatic carbocycles. The molecule has 9 heteroatoms. The Hall–Kier alpha value is -1.75. The summed E-state index contributed by atoms with van der Waals surface area (Å²) < 4.78 is 21.6. The second-order valence-electron chi connectivity index (χ2n) is 7.87. The van der Waals surface area contributed by atoms with E-state index in [1.807, 2.05) is 24.3 Å². The summed E-state index contributed by atoms with van der Waals surface area (Å²) in [6.45, 7) is 1.52. The van der Waals surface area contributed by atoms with Crippen molar-refractivity contribution in [1.82, 2.24) is 0 Å². The van der Waals surface area contributed by atoms with Crippen LogP contribution in [0.15, 0.2) is 42.5 Å². The SMILES string of the molecule is COCCOCCOc1ccc(Cc2cc([C@@H]3O[C@H](CO)[C@@H](O)[C@H](O)[C@H]3O)ccc2Cl)cc1. The highest BCUT2D eigenvalue weighted by molar-refractivity contribution is 6.31. The smallest absolute Gasteiger partial charge is 0.119 e. The van der Waals surface area contributed by atoms with Gasteiger partial charge in [-0.3, -0.25) is 0 Å². The molecule has 1 saturated heterocycles. The Labute approximate surface area is 198 Å². The minimum absolute atomic E-state index is 0.441. The zero-order valence-electron chi connectivity index (χ0n) is 18.5. The van der Waals surface area contributed by atoms with Gasteiger partial charge in [-0.1, -0.05) is 35.9 Å². The number of hydrogen-bond donors (Lipinski definition) is 4. The van der Waals surface area contributed by atoms with Gasteiger partial charge in [0.15, 0.2) is 0 Å². The molecule has 0 saturated carbocycles. The lowest BCUT2D eigenvalue weighted by Gasteiger charge is -2.40. The Bertz CT molecular complexity index is 860. The van der Waals surface area contributed by atoms with Crippen molar-refractivity contribution in [2.45, 2.75) is 36.9 Å². The fourth-order valence-corrected chi connectivity index (χ4v) is 3.85. The summed E-state index contributed by atoms with van der Waals surface area (Å²) >= 11 is 6.40. The average Bonchev–Trinajstić information content (AvgIpc) is 2.82. The Morgan fingerprint density at radius 1 is 0.909 bits per heavy atom. The van der Waals surface area contributed by atoms with Crippen LogP contribution in [-0.4, -0.2) is 85.0 Å². The highest BCUT2D eigenvalue weighted by atomic mass is 35.5. The molecule has 5 atom stereocenters. The quantitative estimate of drug-likeness (QED) is 0.356. The van der Waals surface area contributed by atoms with E-state index in [4.69, 9.17) is 30.5 Å². The van der Waals surface area contributed by atoms with E-state index in [1.165, 1.54) is 0 Å². The zero-order chi connectivity index (χ0) is 23.8. The summed E-state index contributed by atoms with van der Waals surface area (Å²) in [7, 11) is 1.63. The molecule has 1 aliphatic rings. The number of benzene rings is 2. The molecule has 8 nitrogen and oxygen atoms in total. The first-order valence-electron chi connectivity index (χ1n) is 10.8. The molecule has 1 aliphatic heterocycles. The molecule has 3 rings (SSSR count). The summed E-state index contributed by atoms with van der Waals surface area (Å²) in [4.78, 5) is 0. The fraction of sp³-hybridized carbons (Fsp3) is 0.500. The van der Waals surface area contributed by atoms with E-state index in [0.29, 0.717) is 43.4 Å². The molecule has 0 unspecified atom stereocenters. The lowest BCUT2D eigenvalue weighted by molar-refractivity contribution is -0.231. The van der Waals surface area contributed by atoms with Crippen molar-refractivity contribution in [3.05, 3.63) is 64.2 Å². The lowest BCUT2D eigenvalue weighted by Crippen LogP contribution is -2.55. The van der Waals surface area contributed by atoms with Gasteiger partial charge in [-0.15, -0.1) is 0 Å². The predicted molar refractivity (Wildman–Crippen MR) is 122 cm³/mol. The predicted octanol–water partition coefficient (Wildman–Crippen LogP) is 1.49. The van der Waals surface area contributed by atoms with Crippen molar-refractivity contribution in [3.63, 3.8) is 0 Å². The van der Waals surface area contributed by atoms with Crippen LogP contribution in [0.25, 0.3) is 0 Å². The van der Waals surface area contributed by atoms with Crippen LogP contribution in [0.5, 0.6) is 5.75 Å². The second-order valence-corrected chi connectivity index (χ2v) is 8.28. The Morgan fingerprint density at radius 2 is 1.64 bits per heavy atom. The zero-order valence-corrected chi connectivity index (χ0v) is 19.2. The number of hydrogen-bond acceptors (Lipinski definition) is 8. The highest BCUT2D eigenvalue weighted by Gasteiger charge is 2.44. The van der Waals surface area contributed by atoms with E-state index >= 15 is 0 Å². The molecular weight excluding hydrogens is 452 g/mol. The largest absolute Gasteiger partial charge is 0.491 e. The van der Waals surface area contributed by atoms with Crippen molar-refractivity contribution in [2.75, 3.05) is 40.1 Å². The molecule has 2 aromatic rings. The van der Waals surface area contributed by atoms with Gasteiger partial charge in [-0.25, -0.2) is 0 Å². The van der Waals surface area contributed by atoms with Crippen molar-refractivity contribution < 1.29 is 39.4 Å². The van der Waals surface area contributed by atoms with Crippen molar-refractivity contribution >= 4 is 11.6 Å². The summed E-state index contributed by atoms with van der Waals surface area (Å²) in [6.07, 6.45) is -5.51. The molecule has 1 fully saturated rings. The lowest BCUT2D eigenvalue weighted by atomic mass is 9.90. The minimum atomic E-state index is -1.43. The van der Waals surface area contributed by atoms with E-state index in [-0.39, 0.29) is 0 Å². The van der Waals surface area contributed by atoms with Crippen LogP contribution in [0.2, 0.25) is 5.02 Å². The van der Waals surface area contributed by atoms with Gasteiger partial charge in [0, 0.05) is 12.1 Å². The fourth-order valence-electron chi connectivity index (χ4n) is 3.67. The minimum Gasteiger partial charge on any atom is -0.491 e. The highest BCUT2D eigenvalue weighted by Crippen LogP contribution is 2.34. The van der Waals surface area contributed by atoms with Gasteiger partial charge in [0.25, 0.3) is 0 Å². The molecule has 4 N–H and O–H groups in total. The number of methoxy groups -OCH3 is 1. The normalized spacial score (nSPS) is 25.2. The molecule has 0 aliphatic carbocycles. The maximum Gasteiger partial charge on any atom is 0.119 e. The van der Waals surface area contributed by atoms with E-state index in [1.54, 1.807) is 25.3 Å². The van der Waals surface area contributed by atoms with Crippen molar-refractivity contribution in [3.8, 4) is 5.75 Å². The Morgan fingerprint density at radius 3 is 2.33 bits per heavy atom. The van der Waals surface area contributed by atoms with Gasteiger partial charge in [0.1, 0.15) is 42.9 Å². The van der Waals surface area contributed by atoms with Crippen LogP contribution in [0.3, 0.4) is 0 Å². The van der Waals surface area contributed by atoms with Crippen LogP contribution >= 0.6 is 11.6 Å². The summed E-state index contributed by atoms with van der Waals surface area (Å²) in [5.74, 6) is 0.732. The molecule has 33 heavy (non-hydrogen) atoms. The van der Waals surface area contributed by atoms with Gasteiger partial charge in [0.2, 0.25) is 0 Å². The maximum atomic E-state index is 10.4. The topological polar surface area (TPSA) is 118 Å². The average molecular weight is 483 g/mol. The third kappa shape index (κ3) is 6.88. The summed E-state index contributed by atoms with van der Waals surface area (Å²) in [5.41, 5.74) is 2.41. The third-order valence-corrected chi connectivity index (χ3v) is 5.91.